The van der Waals surface area contributed by atoms with Crippen LogP contribution in [0.25, 0.3) is 0 Å². The predicted molar refractivity (Wildman–Crippen MR) is 79.3 cm³/mol. The minimum Gasteiger partial charge on any atom is -0.248 e. The van der Waals surface area contributed by atoms with Crippen LogP contribution in [0.15, 0.2) is 34.7 Å². The number of nitrogens with one attached hydrogen (secondary N) is 1. The highest BCUT2D eigenvalue weighted by Crippen LogP contribution is 2.42. The van der Waals surface area contributed by atoms with Crippen molar-refractivity contribution in [3.8, 4) is 0 Å². The zero-order valence-corrected chi connectivity index (χ0v) is 13.2. The number of halogens is 2. The molecule has 0 aliphatic heterocycles. The molecule has 112 valence electrons. The third-order valence-electron chi connectivity index (χ3n) is 3.28. The van der Waals surface area contributed by atoms with Gasteiger partial charge < -0.3 is 0 Å². The van der Waals surface area contributed by atoms with E-state index in [9.17, 15) is 12.8 Å². The van der Waals surface area contributed by atoms with Crippen LogP contribution >= 0.6 is 22.9 Å². The second kappa shape index (κ2) is 5.64. The molecule has 8 heteroatoms. The van der Waals surface area contributed by atoms with Crippen molar-refractivity contribution in [1.82, 2.24) is 9.71 Å². The van der Waals surface area contributed by atoms with E-state index in [1.807, 2.05) is 0 Å². The van der Waals surface area contributed by atoms with Crippen molar-refractivity contribution in [2.24, 2.45) is 5.92 Å². The molecular weight excluding hydrogens is 335 g/mol. The van der Waals surface area contributed by atoms with Crippen molar-refractivity contribution >= 4 is 33.0 Å². The molecule has 1 N–H and O–H groups in total. The molecule has 0 bridgehead atoms. The third kappa shape index (κ3) is 3.11. The molecule has 1 atom stereocenters. The normalized spacial score (nSPS) is 16.9. The summed E-state index contributed by atoms with van der Waals surface area (Å²) in [4.78, 5) is 3.66. The molecule has 0 radical (unpaired) electrons. The van der Waals surface area contributed by atoms with Gasteiger partial charge in [-0.2, -0.15) is 0 Å². The van der Waals surface area contributed by atoms with E-state index in [0.29, 0.717) is 5.01 Å². The average molecular weight is 347 g/mol. The molecule has 1 aromatic heterocycles. The number of nitrogens with zero attached hydrogens (tertiary/aromatic N) is 1. The lowest BCUT2D eigenvalue weighted by molar-refractivity contribution is 0.518. The van der Waals surface area contributed by atoms with Crippen molar-refractivity contribution in [3.05, 3.63) is 45.6 Å². The smallest absolute Gasteiger partial charge is 0.245 e. The molecular formula is C13H12ClFN2O2S2. The van der Waals surface area contributed by atoms with E-state index in [1.54, 1.807) is 11.6 Å². The Morgan fingerprint density at radius 2 is 2.19 bits per heavy atom. The quantitative estimate of drug-likeness (QED) is 0.903. The van der Waals surface area contributed by atoms with Crippen molar-refractivity contribution < 1.29 is 12.8 Å². The van der Waals surface area contributed by atoms with E-state index < -0.39 is 26.8 Å². The zero-order chi connectivity index (χ0) is 15.0. The first-order valence-electron chi connectivity index (χ1n) is 6.35. The Bertz CT molecular complexity index is 725. The second-order valence-electron chi connectivity index (χ2n) is 4.86. The van der Waals surface area contributed by atoms with Gasteiger partial charge in [-0.15, -0.1) is 11.3 Å². The highest BCUT2D eigenvalue weighted by atomic mass is 35.5. The molecule has 0 spiro atoms. The molecule has 1 aromatic carbocycles. The van der Waals surface area contributed by atoms with E-state index in [-0.39, 0.29) is 10.9 Å². The number of sulfonamides is 1. The number of aromatic nitrogens is 1. The lowest BCUT2D eigenvalue weighted by Crippen LogP contribution is -2.30. The number of hydrogen-bond acceptors (Lipinski definition) is 4. The maximum Gasteiger partial charge on any atom is 0.245 e. The minimum atomic E-state index is -4.04. The summed E-state index contributed by atoms with van der Waals surface area (Å²) in [6.07, 6.45) is 3.48. The van der Waals surface area contributed by atoms with Crippen molar-refractivity contribution in [2.75, 3.05) is 0 Å². The van der Waals surface area contributed by atoms with Crippen molar-refractivity contribution in [3.63, 3.8) is 0 Å². The summed E-state index contributed by atoms with van der Waals surface area (Å²) in [7, 11) is -4.04. The molecule has 1 saturated carbocycles. The standard InChI is InChI=1S/C13H12ClFN2O2S2/c14-9-2-1-3-10(15)12(9)21(18,19)17-11(8-4-5-8)13-16-6-7-20-13/h1-3,6-8,11,17H,4-5H2. The molecule has 21 heavy (non-hydrogen) atoms. The number of benzene rings is 1. The van der Waals surface area contributed by atoms with Gasteiger partial charge in [-0.05, 0) is 30.9 Å². The summed E-state index contributed by atoms with van der Waals surface area (Å²) in [5.74, 6) is -0.653. The van der Waals surface area contributed by atoms with Gasteiger partial charge in [-0.1, -0.05) is 17.7 Å². The fourth-order valence-corrected chi connectivity index (χ4v) is 4.86. The van der Waals surface area contributed by atoms with Gasteiger partial charge in [0.1, 0.15) is 15.7 Å². The topological polar surface area (TPSA) is 59.1 Å². The van der Waals surface area contributed by atoms with Crippen LogP contribution in [0, 0.1) is 11.7 Å². The third-order valence-corrected chi connectivity index (χ3v) is 6.08. The van der Waals surface area contributed by atoms with Crippen LogP contribution in [0.1, 0.15) is 23.9 Å². The van der Waals surface area contributed by atoms with E-state index in [1.165, 1.54) is 23.5 Å². The van der Waals surface area contributed by atoms with E-state index in [4.69, 9.17) is 11.6 Å². The summed E-state index contributed by atoms with van der Waals surface area (Å²) < 4.78 is 41.3. The Morgan fingerprint density at radius 3 is 2.76 bits per heavy atom. The number of hydrogen-bond donors (Lipinski definition) is 1. The first-order chi connectivity index (χ1) is 9.99. The van der Waals surface area contributed by atoms with Crippen LogP contribution in [0.3, 0.4) is 0 Å². The Labute approximate surface area is 131 Å². The number of rotatable bonds is 5. The maximum atomic E-state index is 13.8. The van der Waals surface area contributed by atoms with Gasteiger partial charge in [-0.3, -0.25) is 0 Å². The first-order valence-corrected chi connectivity index (χ1v) is 9.09. The molecule has 1 unspecified atom stereocenters. The summed E-state index contributed by atoms with van der Waals surface area (Å²) in [5, 5.41) is 2.35. The van der Waals surface area contributed by atoms with Crippen LogP contribution < -0.4 is 4.72 Å². The monoisotopic (exact) mass is 346 g/mol. The highest BCUT2D eigenvalue weighted by molar-refractivity contribution is 7.89. The average Bonchev–Trinajstić information content (AvgIpc) is 3.10. The molecule has 0 amide bonds. The molecule has 0 saturated heterocycles. The van der Waals surface area contributed by atoms with Gasteiger partial charge in [-0.25, -0.2) is 22.5 Å². The summed E-state index contributed by atoms with van der Waals surface area (Å²) in [6.45, 7) is 0. The van der Waals surface area contributed by atoms with E-state index in [0.717, 1.165) is 18.9 Å². The van der Waals surface area contributed by atoms with E-state index in [2.05, 4.69) is 9.71 Å². The lowest BCUT2D eigenvalue weighted by atomic mass is 10.2. The molecule has 1 heterocycles. The van der Waals surface area contributed by atoms with Crippen LogP contribution in [0.2, 0.25) is 5.02 Å². The SMILES string of the molecule is O=S(=O)(NC(c1nccs1)C1CC1)c1c(F)cccc1Cl. The molecule has 3 rings (SSSR count). The van der Waals surface area contributed by atoms with Gasteiger partial charge in [0.15, 0.2) is 0 Å². The molecule has 2 aromatic rings. The van der Waals surface area contributed by atoms with Crippen LogP contribution in [-0.2, 0) is 10.0 Å². The van der Waals surface area contributed by atoms with Crippen LogP contribution in [0.5, 0.6) is 0 Å². The predicted octanol–water partition coefficient (Wildman–Crippen LogP) is 3.37. The Hall–Kier alpha value is -1.02. The van der Waals surface area contributed by atoms with Gasteiger partial charge in [0.2, 0.25) is 10.0 Å². The summed E-state index contributed by atoms with van der Waals surface area (Å²) >= 11 is 7.22. The minimum absolute atomic E-state index is 0.129. The van der Waals surface area contributed by atoms with Gasteiger partial charge in [0.25, 0.3) is 0 Å². The van der Waals surface area contributed by atoms with Gasteiger partial charge >= 0.3 is 0 Å². The van der Waals surface area contributed by atoms with Crippen LogP contribution in [0.4, 0.5) is 4.39 Å². The zero-order valence-electron chi connectivity index (χ0n) is 10.8. The Kier molecular flexibility index (Phi) is 4.00. The molecule has 1 aliphatic carbocycles. The number of thiazole rings is 1. The lowest BCUT2D eigenvalue weighted by Gasteiger charge is -2.17. The second-order valence-corrected chi connectivity index (χ2v) is 7.84. The summed E-state index contributed by atoms with van der Waals surface area (Å²) in [5.41, 5.74) is 0. The van der Waals surface area contributed by atoms with Crippen molar-refractivity contribution in [2.45, 2.75) is 23.8 Å². The van der Waals surface area contributed by atoms with Crippen molar-refractivity contribution in [1.29, 1.82) is 0 Å². The fourth-order valence-electron chi connectivity index (χ4n) is 2.13. The van der Waals surface area contributed by atoms with Crippen LogP contribution in [-0.4, -0.2) is 13.4 Å². The Morgan fingerprint density at radius 1 is 1.43 bits per heavy atom. The molecule has 1 fully saturated rings. The highest BCUT2D eigenvalue weighted by Gasteiger charge is 2.38. The van der Waals surface area contributed by atoms with Gasteiger partial charge in [0, 0.05) is 11.6 Å². The van der Waals surface area contributed by atoms with Gasteiger partial charge in [0.05, 0.1) is 11.1 Å². The molecule has 4 nitrogen and oxygen atoms in total. The summed E-state index contributed by atoms with van der Waals surface area (Å²) in [6, 6.07) is 3.38. The van der Waals surface area contributed by atoms with E-state index >= 15 is 0 Å². The Balaban J connectivity index is 1.95. The fraction of sp³-hybridized carbons (Fsp3) is 0.308. The largest absolute Gasteiger partial charge is 0.248 e. The molecule has 1 aliphatic rings. The first kappa shape index (κ1) is 14.9. The maximum absolute atomic E-state index is 13.8.